The Morgan fingerprint density at radius 2 is 2.00 bits per heavy atom. The highest BCUT2D eigenvalue weighted by molar-refractivity contribution is 5.73. The molecule has 6 atom stereocenters. The van der Waals surface area contributed by atoms with E-state index in [9.17, 15) is 4.79 Å². The van der Waals surface area contributed by atoms with Crippen LogP contribution in [0.25, 0.3) is 5.57 Å². The van der Waals surface area contributed by atoms with Crippen LogP contribution in [0.3, 0.4) is 0 Å². The number of aromatic nitrogens is 1. The molecule has 1 aliphatic heterocycles. The molecule has 162 valence electrons. The second-order valence-electron chi connectivity index (χ2n) is 10.8. The SMILES string of the molecule is COC(=O)N1CCC[C@@]2(C)C1CC[C@@H]1[C@@H]2CC[C@]2(C)C(c3cncc(C)c3)=CC[C@@H]12. The fourth-order valence-corrected chi connectivity index (χ4v) is 8.14. The van der Waals surface area contributed by atoms with Crippen molar-refractivity contribution in [3.8, 4) is 0 Å². The summed E-state index contributed by atoms with van der Waals surface area (Å²) in [5.74, 6) is 2.19. The van der Waals surface area contributed by atoms with E-state index in [-0.39, 0.29) is 16.9 Å². The fraction of sp³-hybridized carbons (Fsp3) is 0.692. The number of hydrogen-bond donors (Lipinski definition) is 0. The molecule has 30 heavy (non-hydrogen) atoms. The number of piperidine rings is 1. The average Bonchev–Trinajstić information content (AvgIpc) is 3.09. The number of fused-ring (bicyclic) bond motifs is 5. The van der Waals surface area contributed by atoms with Gasteiger partial charge in [0, 0.05) is 25.0 Å². The molecule has 0 bridgehead atoms. The van der Waals surface area contributed by atoms with Crippen molar-refractivity contribution in [2.75, 3.05) is 13.7 Å². The minimum Gasteiger partial charge on any atom is -0.453 e. The summed E-state index contributed by atoms with van der Waals surface area (Å²) in [4.78, 5) is 19.0. The third-order valence-electron chi connectivity index (χ3n) is 9.49. The maximum atomic E-state index is 12.5. The van der Waals surface area contributed by atoms with E-state index in [1.165, 1.54) is 55.9 Å². The van der Waals surface area contributed by atoms with E-state index in [4.69, 9.17) is 4.74 Å². The van der Waals surface area contributed by atoms with Gasteiger partial charge in [0.25, 0.3) is 0 Å². The molecule has 3 aliphatic carbocycles. The first-order chi connectivity index (χ1) is 14.4. The van der Waals surface area contributed by atoms with Gasteiger partial charge in [-0.25, -0.2) is 4.79 Å². The molecule has 1 aromatic heterocycles. The molecule has 2 saturated carbocycles. The lowest BCUT2D eigenvalue weighted by Crippen LogP contribution is -2.61. The second kappa shape index (κ2) is 7.10. The maximum absolute atomic E-state index is 12.5. The first kappa shape index (κ1) is 20.1. The summed E-state index contributed by atoms with van der Waals surface area (Å²) < 4.78 is 5.15. The van der Waals surface area contributed by atoms with Crippen molar-refractivity contribution in [1.82, 2.24) is 9.88 Å². The Balaban J connectivity index is 1.43. The van der Waals surface area contributed by atoms with E-state index in [0.29, 0.717) is 12.0 Å². The summed E-state index contributed by atoms with van der Waals surface area (Å²) in [5.41, 5.74) is 4.59. The van der Waals surface area contributed by atoms with Gasteiger partial charge in [-0.15, -0.1) is 0 Å². The molecular formula is C26H36N2O2. The van der Waals surface area contributed by atoms with Crippen LogP contribution in [0.5, 0.6) is 0 Å². The summed E-state index contributed by atoms with van der Waals surface area (Å²) in [6.07, 6.45) is 14.9. The standard InChI is InChI=1S/C26H36N2O2/c1-17-14-18(16-27-15-17)20-7-8-21-19-6-9-23-26(3,22(19)10-12-25(20,21)2)11-5-13-28(23)24(29)30-4/h7,14-16,19,21-23H,5-6,8-13H2,1-4H3/t19-,21-,22-,23?,25+,26+/m0/s1. The van der Waals surface area contributed by atoms with Crippen molar-refractivity contribution in [1.29, 1.82) is 0 Å². The molecule has 1 aromatic rings. The monoisotopic (exact) mass is 408 g/mol. The Morgan fingerprint density at radius 1 is 1.17 bits per heavy atom. The van der Waals surface area contributed by atoms with Gasteiger partial charge in [-0.2, -0.15) is 0 Å². The lowest BCUT2D eigenvalue weighted by Gasteiger charge is -2.62. The highest BCUT2D eigenvalue weighted by Crippen LogP contribution is 2.66. The number of carbonyl (C=O) groups is 1. The van der Waals surface area contributed by atoms with Crippen LogP contribution in [0.2, 0.25) is 0 Å². The molecule has 2 heterocycles. The van der Waals surface area contributed by atoms with Crippen LogP contribution < -0.4 is 0 Å². The molecule has 0 N–H and O–H groups in total. The van der Waals surface area contributed by atoms with E-state index in [2.05, 4.69) is 49.0 Å². The van der Waals surface area contributed by atoms with E-state index >= 15 is 0 Å². The van der Waals surface area contributed by atoms with Crippen molar-refractivity contribution in [3.05, 3.63) is 35.7 Å². The van der Waals surface area contributed by atoms with Crippen molar-refractivity contribution < 1.29 is 9.53 Å². The third kappa shape index (κ3) is 2.78. The smallest absolute Gasteiger partial charge is 0.409 e. The van der Waals surface area contributed by atoms with Crippen LogP contribution >= 0.6 is 0 Å². The van der Waals surface area contributed by atoms with Crippen LogP contribution in [-0.2, 0) is 4.74 Å². The van der Waals surface area contributed by atoms with Crippen LogP contribution in [0.15, 0.2) is 24.5 Å². The summed E-state index contributed by atoms with van der Waals surface area (Å²) >= 11 is 0. The van der Waals surface area contributed by atoms with Gasteiger partial charge >= 0.3 is 6.09 Å². The maximum Gasteiger partial charge on any atom is 0.409 e. The highest BCUT2D eigenvalue weighted by Gasteiger charge is 2.59. The molecule has 0 radical (unpaired) electrons. The Kier molecular flexibility index (Phi) is 4.75. The number of pyridine rings is 1. The lowest BCUT2D eigenvalue weighted by atomic mass is 9.46. The lowest BCUT2D eigenvalue weighted by molar-refractivity contribution is -0.109. The number of allylic oxidation sites excluding steroid dienone is 2. The average molecular weight is 409 g/mol. The molecule has 4 heteroatoms. The molecule has 1 saturated heterocycles. The Bertz CT molecular complexity index is 880. The quantitative estimate of drug-likeness (QED) is 0.585. The minimum absolute atomic E-state index is 0.123. The number of methoxy groups -OCH3 is 1. The Hall–Kier alpha value is -1.84. The molecule has 4 aliphatic rings. The van der Waals surface area contributed by atoms with E-state index in [0.717, 1.165) is 31.2 Å². The predicted octanol–water partition coefficient (Wildman–Crippen LogP) is 5.86. The van der Waals surface area contributed by atoms with Crippen molar-refractivity contribution in [2.45, 2.75) is 71.8 Å². The number of ether oxygens (including phenoxy) is 1. The van der Waals surface area contributed by atoms with Gasteiger partial charge < -0.3 is 9.64 Å². The van der Waals surface area contributed by atoms with Gasteiger partial charge in [0.1, 0.15) is 0 Å². The van der Waals surface area contributed by atoms with E-state index in [1.54, 1.807) is 0 Å². The predicted molar refractivity (Wildman–Crippen MR) is 119 cm³/mol. The van der Waals surface area contributed by atoms with Crippen LogP contribution in [0, 0.1) is 35.5 Å². The van der Waals surface area contributed by atoms with Gasteiger partial charge in [-0.05, 0) is 103 Å². The first-order valence-corrected chi connectivity index (χ1v) is 11.9. The zero-order valence-corrected chi connectivity index (χ0v) is 19.0. The summed E-state index contributed by atoms with van der Waals surface area (Å²) in [6.45, 7) is 8.00. The summed E-state index contributed by atoms with van der Waals surface area (Å²) in [7, 11) is 1.53. The number of amides is 1. The number of aryl methyl sites for hydroxylation is 1. The third-order valence-corrected chi connectivity index (χ3v) is 9.49. The topological polar surface area (TPSA) is 42.4 Å². The molecule has 4 nitrogen and oxygen atoms in total. The fourth-order valence-electron chi connectivity index (χ4n) is 8.14. The molecule has 1 amide bonds. The summed E-state index contributed by atoms with van der Waals surface area (Å²) in [6, 6.07) is 2.66. The van der Waals surface area contributed by atoms with Gasteiger partial charge in [0.2, 0.25) is 0 Å². The van der Waals surface area contributed by atoms with Crippen LogP contribution in [0.1, 0.15) is 69.9 Å². The van der Waals surface area contributed by atoms with Crippen LogP contribution in [0.4, 0.5) is 4.79 Å². The Labute approximate surface area is 181 Å². The van der Waals surface area contributed by atoms with Gasteiger partial charge in [-0.3, -0.25) is 4.98 Å². The van der Waals surface area contributed by atoms with Crippen molar-refractivity contribution in [2.24, 2.45) is 28.6 Å². The first-order valence-electron chi connectivity index (χ1n) is 11.9. The molecular weight excluding hydrogens is 372 g/mol. The van der Waals surface area contributed by atoms with E-state index < -0.39 is 0 Å². The second-order valence-corrected chi connectivity index (χ2v) is 10.8. The molecule has 5 rings (SSSR count). The van der Waals surface area contributed by atoms with Gasteiger partial charge in [0.15, 0.2) is 0 Å². The largest absolute Gasteiger partial charge is 0.453 e. The molecule has 0 spiro atoms. The number of rotatable bonds is 1. The zero-order chi connectivity index (χ0) is 21.1. The normalized spacial score (nSPS) is 40.1. The highest BCUT2D eigenvalue weighted by atomic mass is 16.5. The van der Waals surface area contributed by atoms with Gasteiger partial charge in [-0.1, -0.05) is 19.9 Å². The molecule has 3 fully saturated rings. The number of carbonyl (C=O) groups excluding carboxylic acids is 1. The van der Waals surface area contributed by atoms with Crippen LogP contribution in [-0.4, -0.2) is 35.7 Å². The zero-order valence-electron chi connectivity index (χ0n) is 19.0. The minimum atomic E-state index is -0.123. The van der Waals surface area contributed by atoms with Crippen molar-refractivity contribution in [3.63, 3.8) is 0 Å². The van der Waals surface area contributed by atoms with E-state index in [1.807, 2.05) is 6.20 Å². The summed E-state index contributed by atoms with van der Waals surface area (Å²) in [5, 5.41) is 0. The van der Waals surface area contributed by atoms with Gasteiger partial charge in [0.05, 0.1) is 7.11 Å². The number of hydrogen-bond acceptors (Lipinski definition) is 3. The van der Waals surface area contributed by atoms with Crippen molar-refractivity contribution >= 4 is 11.7 Å². The number of likely N-dealkylation sites (tertiary alicyclic amines) is 1. The number of nitrogens with zero attached hydrogens (tertiary/aromatic N) is 2. The Morgan fingerprint density at radius 3 is 2.77 bits per heavy atom. The molecule has 1 unspecified atom stereocenters. The molecule has 0 aromatic carbocycles.